The summed E-state index contributed by atoms with van der Waals surface area (Å²) in [5, 5.41) is 9.91. The van der Waals surface area contributed by atoms with E-state index < -0.39 is 0 Å². The van der Waals surface area contributed by atoms with Crippen molar-refractivity contribution in [3.8, 4) is 5.75 Å². The summed E-state index contributed by atoms with van der Waals surface area (Å²) in [6.45, 7) is 0.266. The molecular weight excluding hydrogens is 271 g/mol. The van der Waals surface area contributed by atoms with Crippen molar-refractivity contribution in [3.63, 3.8) is 0 Å². The third-order valence-electron chi connectivity index (χ3n) is 2.52. The van der Waals surface area contributed by atoms with E-state index in [1.807, 2.05) is 30.3 Å². The van der Waals surface area contributed by atoms with Crippen LogP contribution < -0.4 is 4.74 Å². The second-order valence-corrected chi connectivity index (χ2v) is 4.61. The quantitative estimate of drug-likeness (QED) is 0.916. The van der Waals surface area contributed by atoms with E-state index in [4.69, 9.17) is 33.0 Å². The zero-order valence-corrected chi connectivity index (χ0v) is 11.1. The maximum atomic E-state index is 9.09. The maximum Gasteiger partial charge on any atom is 0.122 e. The van der Waals surface area contributed by atoms with Crippen molar-refractivity contribution in [3.05, 3.63) is 63.6 Å². The van der Waals surface area contributed by atoms with E-state index in [9.17, 15) is 0 Å². The van der Waals surface area contributed by atoms with Gasteiger partial charge in [0.2, 0.25) is 0 Å². The Kier molecular flexibility index (Phi) is 4.48. The Morgan fingerprint density at radius 3 is 2.17 bits per heavy atom. The molecule has 0 spiro atoms. The Labute approximate surface area is 116 Å². The van der Waals surface area contributed by atoms with Crippen LogP contribution in [0, 0.1) is 0 Å². The van der Waals surface area contributed by atoms with E-state index in [2.05, 4.69) is 0 Å². The molecule has 0 fully saturated rings. The molecule has 0 aromatic heterocycles. The van der Waals surface area contributed by atoms with Crippen molar-refractivity contribution in [1.29, 1.82) is 0 Å². The zero-order chi connectivity index (χ0) is 13.0. The molecule has 0 amide bonds. The summed E-state index contributed by atoms with van der Waals surface area (Å²) in [4.78, 5) is 0. The average molecular weight is 283 g/mol. The standard InChI is InChI=1S/C14H12Cl2O2/c15-13-6-11(7-14(16)12(13)8-17)18-9-10-4-2-1-3-5-10/h1-7,17H,8-9H2. The molecule has 0 aliphatic heterocycles. The number of hydrogen-bond donors (Lipinski definition) is 1. The van der Waals surface area contributed by atoms with Gasteiger partial charge < -0.3 is 9.84 Å². The highest BCUT2D eigenvalue weighted by molar-refractivity contribution is 6.36. The van der Waals surface area contributed by atoms with Gasteiger partial charge in [-0.15, -0.1) is 0 Å². The highest BCUT2D eigenvalue weighted by Gasteiger charge is 2.08. The normalized spacial score (nSPS) is 10.4. The van der Waals surface area contributed by atoms with Crippen LogP contribution in [0.2, 0.25) is 10.0 Å². The summed E-state index contributed by atoms with van der Waals surface area (Å²) in [6.07, 6.45) is 0. The van der Waals surface area contributed by atoms with Crippen molar-refractivity contribution in [2.75, 3.05) is 0 Å². The molecule has 18 heavy (non-hydrogen) atoms. The van der Waals surface area contributed by atoms with E-state index in [1.165, 1.54) is 0 Å². The smallest absolute Gasteiger partial charge is 0.122 e. The van der Waals surface area contributed by atoms with Gasteiger partial charge in [0.25, 0.3) is 0 Å². The fraction of sp³-hybridized carbons (Fsp3) is 0.143. The van der Waals surface area contributed by atoms with Gasteiger partial charge in [-0.2, -0.15) is 0 Å². The maximum absolute atomic E-state index is 9.09. The SMILES string of the molecule is OCc1c(Cl)cc(OCc2ccccc2)cc1Cl. The molecule has 0 heterocycles. The average Bonchev–Trinajstić information content (AvgIpc) is 2.37. The number of halogens is 2. The highest BCUT2D eigenvalue weighted by Crippen LogP contribution is 2.30. The van der Waals surface area contributed by atoms with E-state index >= 15 is 0 Å². The van der Waals surface area contributed by atoms with Gasteiger partial charge in [-0.05, 0) is 17.7 Å². The third kappa shape index (κ3) is 3.16. The van der Waals surface area contributed by atoms with Gasteiger partial charge in [-0.25, -0.2) is 0 Å². The van der Waals surface area contributed by atoms with Crippen LogP contribution in [-0.2, 0) is 13.2 Å². The lowest BCUT2D eigenvalue weighted by Gasteiger charge is -2.10. The first-order valence-corrected chi connectivity index (χ1v) is 6.22. The Balaban J connectivity index is 2.11. The molecule has 4 heteroatoms. The van der Waals surface area contributed by atoms with E-state index in [0.29, 0.717) is 28.0 Å². The summed E-state index contributed by atoms with van der Waals surface area (Å²) in [5.41, 5.74) is 1.58. The summed E-state index contributed by atoms with van der Waals surface area (Å²) in [7, 11) is 0. The summed E-state index contributed by atoms with van der Waals surface area (Å²) >= 11 is 12.0. The molecule has 0 aliphatic rings. The van der Waals surface area contributed by atoms with Crippen LogP contribution in [0.3, 0.4) is 0 Å². The number of benzene rings is 2. The summed E-state index contributed by atoms with van der Waals surface area (Å²) < 4.78 is 5.60. The molecule has 1 N–H and O–H groups in total. The van der Waals surface area contributed by atoms with Crippen LogP contribution in [0.15, 0.2) is 42.5 Å². The molecular formula is C14H12Cl2O2. The van der Waals surface area contributed by atoms with E-state index in [1.54, 1.807) is 12.1 Å². The largest absolute Gasteiger partial charge is 0.489 e. The lowest BCUT2D eigenvalue weighted by atomic mass is 10.2. The molecule has 2 nitrogen and oxygen atoms in total. The first-order chi connectivity index (χ1) is 8.70. The minimum atomic E-state index is -0.184. The fourth-order valence-corrected chi connectivity index (χ4v) is 2.14. The number of aliphatic hydroxyl groups is 1. The Hall–Kier alpha value is -1.22. The van der Waals surface area contributed by atoms with Crippen molar-refractivity contribution in [1.82, 2.24) is 0 Å². The molecule has 0 bridgehead atoms. The van der Waals surface area contributed by atoms with Crippen LogP contribution in [0.25, 0.3) is 0 Å². The first kappa shape index (κ1) is 13.2. The fourth-order valence-electron chi connectivity index (χ4n) is 1.56. The molecule has 2 rings (SSSR count). The predicted octanol–water partition coefficient (Wildman–Crippen LogP) is 4.06. The van der Waals surface area contributed by atoms with Gasteiger partial charge in [0.1, 0.15) is 12.4 Å². The molecule has 0 aliphatic carbocycles. The molecule has 94 valence electrons. The third-order valence-corrected chi connectivity index (χ3v) is 3.20. The van der Waals surface area contributed by atoms with Gasteiger partial charge in [-0.3, -0.25) is 0 Å². The van der Waals surface area contributed by atoms with Gasteiger partial charge >= 0.3 is 0 Å². The topological polar surface area (TPSA) is 29.5 Å². The second kappa shape index (κ2) is 6.10. The molecule has 0 unspecified atom stereocenters. The predicted molar refractivity (Wildman–Crippen MR) is 73.2 cm³/mol. The van der Waals surface area contributed by atoms with Crippen molar-refractivity contribution in [2.24, 2.45) is 0 Å². The van der Waals surface area contributed by atoms with Crippen LogP contribution in [0.1, 0.15) is 11.1 Å². The van der Waals surface area contributed by atoms with E-state index in [-0.39, 0.29) is 6.61 Å². The Morgan fingerprint density at radius 2 is 1.61 bits per heavy atom. The van der Waals surface area contributed by atoms with Crippen LogP contribution >= 0.6 is 23.2 Å². The minimum Gasteiger partial charge on any atom is -0.489 e. The summed E-state index contributed by atoms with van der Waals surface area (Å²) in [6, 6.07) is 13.1. The van der Waals surface area contributed by atoms with Crippen molar-refractivity contribution < 1.29 is 9.84 Å². The Bertz CT molecular complexity index is 504. The van der Waals surface area contributed by atoms with Gasteiger partial charge in [0.05, 0.1) is 16.7 Å². The number of aliphatic hydroxyl groups excluding tert-OH is 1. The molecule has 0 radical (unpaired) electrons. The van der Waals surface area contributed by atoms with Crippen LogP contribution in [0.4, 0.5) is 0 Å². The molecule has 0 atom stereocenters. The molecule has 0 saturated heterocycles. The van der Waals surface area contributed by atoms with Crippen molar-refractivity contribution >= 4 is 23.2 Å². The second-order valence-electron chi connectivity index (χ2n) is 3.80. The van der Waals surface area contributed by atoms with E-state index in [0.717, 1.165) is 5.56 Å². The Morgan fingerprint density at radius 1 is 1.00 bits per heavy atom. The first-order valence-electron chi connectivity index (χ1n) is 5.46. The highest BCUT2D eigenvalue weighted by atomic mass is 35.5. The van der Waals surface area contributed by atoms with Crippen LogP contribution in [-0.4, -0.2) is 5.11 Å². The number of ether oxygens (including phenoxy) is 1. The monoisotopic (exact) mass is 282 g/mol. The van der Waals surface area contributed by atoms with Crippen molar-refractivity contribution in [2.45, 2.75) is 13.2 Å². The van der Waals surface area contributed by atoms with Gasteiger partial charge in [0.15, 0.2) is 0 Å². The molecule has 2 aromatic rings. The lowest BCUT2D eigenvalue weighted by Crippen LogP contribution is -1.96. The molecule has 0 saturated carbocycles. The number of rotatable bonds is 4. The van der Waals surface area contributed by atoms with Crippen LogP contribution in [0.5, 0.6) is 5.75 Å². The summed E-state index contributed by atoms with van der Waals surface area (Å²) in [5.74, 6) is 0.589. The minimum absolute atomic E-state index is 0.184. The molecule has 2 aromatic carbocycles. The zero-order valence-electron chi connectivity index (χ0n) is 9.57. The van der Waals surface area contributed by atoms with Gasteiger partial charge in [-0.1, -0.05) is 53.5 Å². The van der Waals surface area contributed by atoms with Gasteiger partial charge in [0, 0.05) is 5.56 Å². The number of hydrogen-bond acceptors (Lipinski definition) is 2. The lowest BCUT2D eigenvalue weighted by molar-refractivity contribution is 0.281.